The number of rotatable bonds is 2. The van der Waals surface area contributed by atoms with Gasteiger partial charge in [0.25, 0.3) is 0 Å². The summed E-state index contributed by atoms with van der Waals surface area (Å²) in [5.41, 5.74) is 7.38. The fraction of sp³-hybridized carbons (Fsp3) is 0.500. The molecule has 11 atom stereocenters. The monoisotopic (exact) mass is 657 g/mol. The number of benzene rings is 4. The van der Waals surface area contributed by atoms with E-state index in [2.05, 4.69) is 89.5 Å². The van der Waals surface area contributed by atoms with E-state index >= 15 is 0 Å². The van der Waals surface area contributed by atoms with Crippen molar-refractivity contribution in [2.24, 2.45) is 59.2 Å². The fourth-order valence-corrected chi connectivity index (χ4v) is 14.9. The first-order valence-corrected chi connectivity index (χ1v) is 20.8. The first-order valence-electron chi connectivity index (χ1n) is 20.8. The molecule has 50 heavy (non-hydrogen) atoms. The zero-order chi connectivity index (χ0) is 32.5. The molecule has 0 aliphatic heterocycles. The van der Waals surface area contributed by atoms with E-state index in [4.69, 9.17) is 4.42 Å². The summed E-state index contributed by atoms with van der Waals surface area (Å²) in [5.74, 6) is 11.1. The second kappa shape index (κ2) is 11.0. The molecule has 0 bridgehead atoms. The van der Waals surface area contributed by atoms with E-state index in [9.17, 15) is 0 Å². The van der Waals surface area contributed by atoms with Crippen LogP contribution in [-0.4, -0.2) is 4.57 Å². The van der Waals surface area contributed by atoms with Crippen LogP contribution in [0.15, 0.2) is 89.3 Å². The molecule has 0 amide bonds. The summed E-state index contributed by atoms with van der Waals surface area (Å²) >= 11 is 0. The highest BCUT2D eigenvalue weighted by atomic mass is 16.3. The van der Waals surface area contributed by atoms with Crippen LogP contribution in [0.4, 0.5) is 0 Å². The Bertz CT molecular complexity index is 2260. The lowest BCUT2D eigenvalue weighted by Gasteiger charge is -2.67. The van der Waals surface area contributed by atoms with E-state index in [1.807, 2.05) is 0 Å². The van der Waals surface area contributed by atoms with Crippen LogP contribution < -0.4 is 0 Å². The highest BCUT2D eigenvalue weighted by Crippen LogP contribution is 2.69. The maximum Gasteiger partial charge on any atom is 0.145 e. The van der Waals surface area contributed by atoms with E-state index in [-0.39, 0.29) is 0 Å². The predicted octanol–water partition coefficient (Wildman–Crippen LogP) is 13.1. The summed E-state index contributed by atoms with van der Waals surface area (Å²) in [5, 5.41) is 5.09. The minimum Gasteiger partial charge on any atom is -0.455 e. The SMILES string of the molecule is c1ccc(-n2c3ccc(C4CCC5C(C4)C4CCCC6C7CCCCC7C7CCCC5C7C64)cc3c3c4oc5ccccc5c4ccc32)cc1. The van der Waals surface area contributed by atoms with Crippen LogP contribution in [-0.2, 0) is 0 Å². The average molecular weight is 658 g/mol. The summed E-state index contributed by atoms with van der Waals surface area (Å²) < 4.78 is 9.21. The predicted molar refractivity (Wildman–Crippen MR) is 206 cm³/mol. The third-order valence-corrected chi connectivity index (χ3v) is 16.4. The molecule has 0 saturated heterocycles. The molecular weight excluding hydrogens is 607 g/mol. The zero-order valence-electron chi connectivity index (χ0n) is 29.5. The van der Waals surface area contributed by atoms with Gasteiger partial charge in [0.05, 0.1) is 16.4 Å². The van der Waals surface area contributed by atoms with Crippen molar-refractivity contribution in [3.05, 3.63) is 90.5 Å². The Kier molecular flexibility index (Phi) is 6.40. The molecule has 2 nitrogen and oxygen atoms in total. The van der Waals surface area contributed by atoms with E-state index in [1.165, 1.54) is 89.6 Å². The molecule has 2 heterocycles. The zero-order valence-corrected chi connectivity index (χ0v) is 29.5. The molecular formula is C48H51NO. The second-order valence-electron chi connectivity index (χ2n) is 18.0. The first kappa shape index (κ1) is 29.1. The van der Waals surface area contributed by atoms with Crippen LogP contribution in [0.5, 0.6) is 0 Å². The molecule has 6 saturated carbocycles. The number of furan rings is 1. The Labute approximate surface area is 296 Å². The Morgan fingerprint density at radius 1 is 0.480 bits per heavy atom. The summed E-state index contributed by atoms with van der Waals surface area (Å²) in [6.45, 7) is 0. The maximum absolute atomic E-state index is 6.74. The van der Waals surface area contributed by atoms with Crippen LogP contribution in [0, 0.1) is 59.2 Å². The minimum absolute atomic E-state index is 0.674. The minimum atomic E-state index is 0.674. The van der Waals surface area contributed by atoms with Crippen LogP contribution >= 0.6 is 0 Å². The van der Waals surface area contributed by atoms with Crippen molar-refractivity contribution in [1.82, 2.24) is 4.57 Å². The molecule has 0 radical (unpaired) electrons. The van der Waals surface area contributed by atoms with Crippen LogP contribution in [0.25, 0.3) is 49.4 Å². The highest BCUT2D eigenvalue weighted by molar-refractivity contribution is 6.23. The quantitative estimate of drug-likeness (QED) is 0.181. The van der Waals surface area contributed by atoms with Gasteiger partial charge in [0.1, 0.15) is 11.2 Å². The molecule has 6 fully saturated rings. The number of aromatic nitrogens is 1. The van der Waals surface area contributed by atoms with E-state index in [0.29, 0.717) is 5.92 Å². The van der Waals surface area contributed by atoms with Gasteiger partial charge in [0, 0.05) is 21.8 Å². The molecule has 2 heteroatoms. The van der Waals surface area contributed by atoms with Crippen molar-refractivity contribution in [1.29, 1.82) is 0 Å². The van der Waals surface area contributed by atoms with Crippen LogP contribution in [0.2, 0.25) is 0 Å². The van der Waals surface area contributed by atoms with Crippen molar-refractivity contribution >= 4 is 43.7 Å². The number of hydrogen-bond acceptors (Lipinski definition) is 1. The van der Waals surface area contributed by atoms with Crippen molar-refractivity contribution in [2.45, 2.75) is 89.4 Å². The van der Waals surface area contributed by atoms with E-state index in [0.717, 1.165) is 70.3 Å². The summed E-state index contributed by atoms with van der Waals surface area (Å²) in [7, 11) is 0. The van der Waals surface area contributed by atoms with E-state index in [1.54, 1.807) is 37.7 Å². The Balaban J connectivity index is 0.973. The molecule has 11 unspecified atom stereocenters. The molecule has 6 aliphatic rings. The number of hydrogen-bond donors (Lipinski definition) is 0. The molecule has 254 valence electrons. The number of para-hydroxylation sites is 2. The molecule has 12 rings (SSSR count). The lowest BCUT2D eigenvalue weighted by atomic mass is 9.37. The van der Waals surface area contributed by atoms with Gasteiger partial charge < -0.3 is 8.98 Å². The van der Waals surface area contributed by atoms with Crippen molar-refractivity contribution in [2.75, 3.05) is 0 Å². The van der Waals surface area contributed by atoms with Crippen molar-refractivity contribution in [3.63, 3.8) is 0 Å². The summed E-state index contributed by atoms with van der Waals surface area (Å²) in [4.78, 5) is 0. The van der Waals surface area contributed by atoms with Crippen molar-refractivity contribution < 1.29 is 4.42 Å². The Morgan fingerprint density at radius 2 is 1.12 bits per heavy atom. The fourth-order valence-electron chi connectivity index (χ4n) is 14.9. The van der Waals surface area contributed by atoms with Gasteiger partial charge in [-0.05, 0) is 171 Å². The standard InChI is InChI=1S/C48H51NO/c1-2-10-30(11-3-1)49-42-24-21-29(27-41(42)47-43(49)25-23-39-34-14-6-7-19-44(34)50-48(39)47)28-20-22-33-37-17-8-15-35-31-12-4-5-13-32(31)36-16-9-18-38(40(33)26-28)46(36)45(35)37/h1-3,6-7,10-11,14,19,21,23-25,27-28,31-33,35-38,40,45-46H,4-5,8-9,12-13,15-18,20,22,26H2. The van der Waals surface area contributed by atoms with Gasteiger partial charge in [0.15, 0.2) is 0 Å². The lowest BCUT2D eigenvalue weighted by Crippen LogP contribution is -2.61. The van der Waals surface area contributed by atoms with E-state index < -0.39 is 0 Å². The van der Waals surface area contributed by atoms with Crippen LogP contribution in [0.1, 0.15) is 95.0 Å². The third kappa shape index (κ3) is 3.97. The summed E-state index contributed by atoms with van der Waals surface area (Å²) in [6.07, 6.45) is 19.8. The Hall–Kier alpha value is -3.52. The summed E-state index contributed by atoms with van der Waals surface area (Å²) in [6, 6.07) is 31.8. The van der Waals surface area contributed by atoms with Gasteiger partial charge in [-0.1, -0.05) is 68.1 Å². The van der Waals surface area contributed by atoms with Gasteiger partial charge in [0.2, 0.25) is 0 Å². The smallest absolute Gasteiger partial charge is 0.145 e. The Morgan fingerprint density at radius 3 is 1.88 bits per heavy atom. The average Bonchev–Trinajstić information content (AvgIpc) is 3.73. The second-order valence-corrected chi connectivity index (χ2v) is 18.0. The first-order chi connectivity index (χ1) is 24.8. The molecule has 4 aromatic carbocycles. The van der Waals surface area contributed by atoms with Gasteiger partial charge in [-0.3, -0.25) is 0 Å². The van der Waals surface area contributed by atoms with Crippen LogP contribution in [0.3, 0.4) is 0 Å². The third-order valence-electron chi connectivity index (χ3n) is 16.4. The van der Waals surface area contributed by atoms with Gasteiger partial charge in [-0.2, -0.15) is 0 Å². The molecule has 6 aromatic rings. The number of fused-ring (bicyclic) bond motifs is 13. The van der Waals surface area contributed by atoms with Gasteiger partial charge in [-0.15, -0.1) is 0 Å². The molecule has 2 aromatic heterocycles. The molecule has 0 spiro atoms. The highest BCUT2D eigenvalue weighted by Gasteiger charge is 2.62. The maximum atomic E-state index is 6.74. The largest absolute Gasteiger partial charge is 0.455 e. The normalized spacial score (nSPS) is 36.4. The lowest BCUT2D eigenvalue weighted by molar-refractivity contribution is -0.188. The van der Waals surface area contributed by atoms with Gasteiger partial charge in [-0.25, -0.2) is 0 Å². The molecule has 6 aliphatic carbocycles. The molecule has 0 N–H and O–H groups in total. The van der Waals surface area contributed by atoms with Gasteiger partial charge >= 0.3 is 0 Å². The number of nitrogens with zero attached hydrogens (tertiary/aromatic N) is 1. The van der Waals surface area contributed by atoms with Crippen molar-refractivity contribution in [3.8, 4) is 5.69 Å². The topological polar surface area (TPSA) is 18.1 Å².